The van der Waals surface area contributed by atoms with E-state index in [1.807, 2.05) is 0 Å². The van der Waals surface area contributed by atoms with E-state index in [4.69, 9.17) is 10.9 Å². The Kier molecular flexibility index (Phi) is 1.98. The Morgan fingerprint density at radius 2 is 2.60 bits per heavy atom. The van der Waals surface area contributed by atoms with Crippen LogP contribution in [0.25, 0.3) is 0 Å². The van der Waals surface area contributed by atoms with Gasteiger partial charge in [0.15, 0.2) is 0 Å². The molecular weight excluding hydrogens is 171 g/mol. The van der Waals surface area contributed by atoms with Crippen LogP contribution in [0.2, 0.25) is 0 Å². The van der Waals surface area contributed by atoms with Gasteiger partial charge in [0.05, 0.1) is 0 Å². The van der Waals surface area contributed by atoms with Crippen molar-refractivity contribution in [3.05, 3.63) is 12.0 Å². The number of allylic oxidation sites excluding steroid dienone is 1. The molecule has 0 aromatic rings. The highest BCUT2D eigenvalue weighted by atomic mass is 32.7. The van der Waals surface area contributed by atoms with Crippen molar-refractivity contribution in [1.29, 1.82) is 0 Å². The molecule has 0 aliphatic carbocycles. The molecule has 0 amide bonds. The fourth-order valence-electron chi connectivity index (χ4n) is 0.417. The van der Waals surface area contributed by atoms with Gasteiger partial charge in [-0.05, 0) is 23.6 Å². The Hall–Kier alpha value is -0.520. The number of rotatable bonds is 1. The Bertz CT molecular complexity index is 252. The third kappa shape index (κ3) is 1.31. The molecule has 1 heterocycles. The normalized spacial score (nSPS) is 29.8. The first-order chi connectivity index (χ1) is 4.70. The highest BCUT2D eigenvalue weighted by Gasteiger charge is 2.31. The van der Waals surface area contributed by atoms with Gasteiger partial charge in [-0.2, -0.15) is 0 Å². The number of hydrogen-bond donors (Lipinski definition) is 0. The summed E-state index contributed by atoms with van der Waals surface area (Å²) in [4.78, 5) is 0. The second kappa shape index (κ2) is 2.61. The molecule has 0 saturated heterocycles. The molecule has 0 aromatic heterocycles. The van der Waals surface area contributed by atoms with Gasteiger partial charge in [-0.15, -0.1) is 6.42 Å². The molecule has 3 nitrogen and oxygen atoms in total. The Morgan fingerprint density at radius 1 is 1.90 bits per heavy atom. The molecule has 1 atom stereocenters. The average molecular weight is 176 g/mol. The zero-order chi connectivity index (χ0) is 7.61. The van der Waals surface area contributed by atoms with Crippen LogP contribution in [0.1, 0.15) is 0 Å². The maximum atomic E-state index is 11.1. The van der Waals surface area contributed by atoms with Crippen molar-refractivity contribution in [1.82, 2.24) is 0 Å². The van der Waals surface area contributed by atoms with Gasteiger partial charge in [-0.1, -0.05) is 0 Å². The van der Waals surface area contributed by atoms with Gasteiger partial charge in [-0.25, -0.2) is 4.57 Å². The lowest BCUT2D eigenvalue weighted by Crippen LogP contribution is -1.75. The van der Waals surface area contributed by atoms with Crippen molar-refractivity contribution in [2.45, 2.75) is 0 Å². The van der Waals surface area contributed by atoms with E-state index in [1.165, 1.54) is 6.26 Å². The third-order valence-electron chi connectivity index (χ3n) is 0.865. The van der Waals surface area contributed by atoms with Gasteiger partial charge in [-0.3, -0.25) is 0 Å². The lowest BCUT2D eigenvalue weighted by molar-refractivity contribution is 0.389. The maximum Gasteiger partial charge on any atom is 0.492 e. The molecule has 1 aliphatic rings. The van der Waals surface area contributed by atoms with Crippen LogP contribution in [0.4, 0.5) is 0 Å². The smallest absolute Gasteiger partial charge is 0.412 e. The minimum atomic E-state index is -2.94. The molecule has 54 valence electrons. The Labute approximate surface area is 63.1 Å². The Balaban J connectivity index is 2.70. The lowest BCUT2D eigenvalue weighted by atomic mass is 10.6. The van der Waals surface area contributed by atoms with E-state index >= 15 is 0 Å². The molecule has 0 saturated carbocycles. The summed E-state index contributed by atoms with van der Waals surface area (Å²) in [6.45, 7) is -2.94. The van der Waals surface area contributed by atoms with Crippen LogP contribution in [-0.2, 0) is 13.6 Å². The van der Waals surface area contributed by atoms with Crippen LogP contribution in [-0.4, -0.2) is 6.26 Å². The molecule has 1 rings (SSSR count). The summed E-state index contributed by atoms with van der Waals surface area (Å²) < 4.78 is 20.6. The van der Waals surface area contributed by atoms with E-state index < -0.39 is 6.80 Å². The van der Waals surface area contributed by atoms with Crippen LogP contribution in [0.15, 0.2) is 12.0 Å². The number of terminal acetylenes is 1. The lowest BCUT2D eigenvalue weighted by Gasteiger charge is -2.04. The van der Waals surface area contributed by atoms with Crippen molar-refractivity contribution in [2.24, 2.45) is 0 Å². The van der Waals surface area contributed by atoms with Crippen molar-refractivity contribution >= 4 is 18.2 Å². The summed E-state index contributed by atoms with van der Waals surface area (Å²) in [6, 6.07) is 0. The van der Waals surface area contributed by atoms with Crippen molar-refractivity contribution in [3.63, 3.8) is 0 Å². The molecule has 0 N–H and O–H groups in total. The molecule has 0 spiro atoms. The summed E-state index contributed by atoms with van der Waals surface area (Å²) in [7, 11) is 0. The molecule has 1 aliphatic heterocycles. The first kappa shape index (κ1) is 7.59. The highest BCUT2D eigenvalue weighted by molar-refractivity contribution is 8.54. The average Bonchev–Trinajstić information content (AvgIpc) is 2.33. The van der Waals surface area contributed by atoms with Crippen molar-refractivity contribution < 1.29 is 13.6 Å². The van der Waals surface area contributed by atoms with E-state index in [-0.39, 0.29) is 5.76 Å². The van der Waals surface area contributed by atoms with E-state index in [2.05, 4.69) is 10.4 Å². The van der Waals surface area contributed by atoms with Crippen LogP contribution < -0.4 is 0 Å². The minimum Gasteiger partial charge on any atom is -0.412 e. The minimum absolute atomic E-state index is 0.192. The summed E-state index contributed by atoms with van der Waals surface area (Å²) >= 11 is 1.02. The maximum absolute atomic E-state index is 11.1. The summed E-state index contributed by atoms with van der Waals surface area (Å²) in [5, 5.41) is 0. The first-order valence-corrected chi connectivity index (χ1v) is 5.78. The second-order valence-electron chi connectivity index (χ2n) is 1.45. The topological polar surface area (TPSA) is 35.5 Å². The first-order valence-electron chi connectivity index (χ1n) is 2.41. The predicted octanol–water partition coefficient (Wildman–Crippen LogP) is 1.98. The molecule has 0 bridgehead atoms. The van der Waals surface area contributed by atoms with E-state index in [0.717, 1.165) is 11.4 Å². The van der Waals surface area contributed by atoms with E-state index in [1.54, 1.807) is 6.26 Å². The second-order valence-corrected chi connectivity index (χ2v) is 5.54. The third-order valence-corrected chi connectivity index (χ3v) is 3.92. The largest absolute Gasteiger partial charge is 0.492 e. The van der Waals surface area contributed by atoms with Gasteiger partial charge in [0.25, 0.3) is 0 Å². The van der Waals surface area contributed by atoms with Crippen molar-refractivity contribution in [2.75, 3.05) is 6.26 Å². The zero-order valence-electron chi connectivity index (χ0n) is 5.23. The van der Waals surface area contributed by atoms with E-state index in [0.29, 0.717) is 0 Å². The predicted molar refractivity (Wildman–Crippen MR) is 40.2 cm³/mol. The standard InChI is InChI=1S/C5H5O3PS/c1-3-5-4-7-9(6,8-5)10-2/h1,4H,2H3. The van der Waals surface area contributed by atoms with Crippen LogP contribution >= 0.6 is 18.2 Å². The van der Waals surface area contributed by atoms with E-state index in [9.17, 15) is 4.57 Å². The SMILES string of the molecule is C#CC1=COP(=O)(SC)O1. The zero-order valence-corrected chi connectivity index (χ0v) is 6.95. The molecule has 0 fully saturated rings. The molecule has 0 aromatic carbocycles. The van der Waals surface area contributed by atoms with Crippen molar-refractivity contribution in [3.8, 4) is 12.3 Å². The van der Waals surface area contributed by atoms with Gasteiger partial charge >= 0.3 is 6.80 Å². The van der Waals surface area contributed by atoms with Crippen LogP contribution in [0.5, 0.6) is 0 Å². The van der Waals surface area contributed by atoms with Gasteiger partial charge in [0.2, 0.25) is 5.76 Å². The fraction of sp³-hybridized carbons (Fsp3) is 0.200. The fourth-order valence-corrected chi connectivity index (χ4v) is 2.03. The van der Waals surface area contributed by atoms with Crippen LogP contribution in [0, 0.1) is 12.3 Å². The van der Waals surface area contributed by atoms with Gasteiger partial charge in [0.1, 0.15) is 6.26 Å². The molecule has 5 heteroatoms. The Morgan fingerprint density at radius 3 is 2.90 bits per heavy atom. The number of hydrogen-bond acceptors (Lipinski definition) is 4. The summed E-state index contributed by atoms with van der Waals surface area (Å²) in [5.41, 5.74) is 0. The molecular formula is C5H5O3PS. The summed E-state index contributed by atoms with van der Waals surface area (Å²) in [6.07, 6.45) is 7.78. The molecule has 0 radical (unpaired) electrons. The van der Waals surface area contributed by atoms with Crippen LogP contribution in [0.3, 0.4) is 0 Å². The summed E-state index contributed by atoms with van der Waals surface area (Å²) in [5.74, 6) is 2.37. The molecule has 10 heavy (non-hydrogen) atoms. The molecule has 1 unspecified atom stereocenters. The highest BCUT2D eigenvalue weighted by Crippen LogP contribution is 2.63. The quantitative estimate of drug-likeness (QED) is 0.452. The van der Waals surface area contributed by atoms with Gasteiger partial charge < -0.3 is 9.05 Å². The monoisotopic (exact) mass is 176 g/mol. The van der Waals surface area contributed by atoms with Gasteiger partial charge in [0, 0.05) is 0 Å².